The Balaban J connectivity index is 1.33. The summed E-state index contributed by atoms with van der Waals surface area (Å²) >= 11 is 0. The molecule has 8 heteroatoms. The molecule has 222 valence electrons. The molecule has 1 N–H and O–H groups in total. The molecule has 0 atom stereocenters. The van der Waals surface area contributed by atoms with Crippen molar-refractivity contribution in [1.82, 2.24) is 9.97 Å². The van der Waals surface area contributed by atoms with Gasteiger partial charge >= 0.3 is 0 Å². The molecule has 0 fully saturated rings. The Bertz CT molecular complexity index is 2370. The van der Waals surface area contributed by atoms with Crippen molar-refractivity contribution < 1.29 is 16.8 Å². The Labute approximate surface area is 261 Å². The van der Waals surface area contributed by atoms with Crippen LogP contribution in [0, 0.1) is 0 Å². The van der Waals surface area contributed by atoms with Crippen molar-refractivity contribution in [3.8, 4) is 22.3 Å². The first-order valence-electron chi connectivity index (χ1n) is 14.4. The number of nitrogens with one attached hydrogen (secondary N) is 1. The summed E-state index contributed by atoms with van der Waals surface area (Å²) in [5.74, 6) is -0.224. The molecule has 0 saturated carbocycles. The number of pyridine rings is 1. The highest BCUT2D eigenvalue weighted by Crippen LogP contribution is 2.41. The molecule has 0 aliphatic heterocycles. The van der Waals surface area contributed by atoms with Crippen LogP contribution in [0.5, 0.6) is 0 Å². The molecule has 6 nitrogen and oxygen atoms in total. The van der Waals surface area contributed by atoms with Gasteiger partial charge < -0.3 is 4.98 Å². The van der Waals surface area contributed by atoms with Crippen LogP contribution in [-0.4, -0.2) is 26.8 Å². The maximum atomic E-state index is 13.2. The van der Waals surface area contributed by atoms with Crippen LogP contribution in [0.4, 0.5) is 0 Å². The van der Waals surface area contributed by atoms with Gasteiger partial charge in [0.2, 0.25) is 0 Å². The van der Waals surface area contributed by atoms with Gasteiger partial charge in [0.25, 0.3) is 0 Å². The SMILES string of the molecule is O=S(=O)(Cc1ccc(-c2cnc3[nH]c4ccc(CS(=O)(=O)c5ccccc5)cc4c3c2-c2ccccc2)cc1)c1ccccc1. The molecule has 45 heavy (non-hydrogen) atoms. The highest BCUT2D eigenvalue weighted by Gasteiger charge is 2.20. The third kappa shape index (κ3) is 5.66. The van der Waals surface area contributed by atoms with Crippen molar-refractivity contribution in [3.05, 3.63) is 151 Å². The zero-order valence-corrected chi connectivity index (χ0v) is 25.7. The van der Waals surface area contributed by atoms with Crippen molar-refractivity contribution in [2.45, 2.75) is 21.3 Å². The van der Waals surface area contributed by atoms with E-state index in [0.717, 1.165) is 38.5 Å². The molecule has 2 aromatic heterocycles. The zero-order valence-electron chi connectivity index (χ0n) is 24.1. The molecule has 0 saturated heterocycles. The van der Waals surface area contributed by atoms with E-state index >= 15 is 0 Å². The van der Waals surface area contributed by atoms with Crippen molar-refractivity contribution in [2.24, 2.45) is 0 Å². The van der Waals surface area contributed by atoms with E-state index in [1.807, 2.05) is 79.0 Å². The van der Waals surface area contributed by atoms with Crippen molar-refractivity contribution in [1.29, 1.82) is 0 Å². The van der Waals surface area contributed by atoms with Gasteiger partial charge in [-0.15, -0.1) is 0 Å². The molecule has 0 unspecified atom stereocenters. The lowest BCUT2D eigenvalue weighted by atomic mass is 9.92. The first-order valence-corrected chi connectivity index (χ1v) is 17.7. The molecule has 0 radical (unpaired) electrons. The molecule has 2 heterocycles. The number of aromatic nitrogens is 2. The smallest absolute Gasteiger partial charge is 0.182 e. The predicted molar refractivity (Wildman–Crippen MR) is 179 cm³/mol. The van der Waals surface area contributed by atoms with E-state index in [2.05, 4.69) is 4.98 Å². The monoisotopic (exact) mass is 628 g/mol. The molecule has 0 aliphatic rings. The molecule has 0 bridgehead atoms. The lowest BCUT2D eigenvalue weighted by Crippen LogP contribution is -2.04. The fourth-order valence-electron chi connectivity index (χ4n) is 5.76. The Morgan fingerprint density at radius 1 is 0.556 bits per heavy atom. The Morgan fingerprint density at radius 3 is 1.69 bits per heavy atom. The summed E-state index contributed by atoms with van der Waals surface area (Å²) in [6, 6.07) is 40.2. The number of hydrogen-bond acceptors (Lipinski definition) is 5. The van der Waals surface area contributed by atoms with Gasteiger partial charge in [-0.25, -0.2) is 21.8 Å². The number of rotatable bonds is 8. The molecule has 0 aliphatic carbocycles. The van der Waals surface area contributed by atoms with E-state index in [1.165, 1.54) is 0 Å². The van der Waals surface area contributed by atoms with Crippen molar-refractivity contribution >= 4 is 41.6 Å². The minimum absolute atomic E-state index is 0.1000. The van der Waals surface area contributed by atoms with Crippen LogP contribution in [0.1, 0.15) is 11.1 Å². The minimum atomic E-state index is -3.54. The van der Waals surface area contributed by atoms with E-state index in [-0.39, 0.29) is 16.4 Å². The molecule has 7 aromatic rings. The van der Waals surface area contributed by atoms with Crippen molar-refractivity contribution in [3.63, 3.8) is 0 Å². The van der Waals surface area contributed by atoms with Crippen LogP contribution in [-0.2, 0) is 31.2 Å². The molecular weight excluding hydrogens is 601 g/mol. The predicted octanol–water partition coefficient (Wildman–Crippen LogP) is 8.00. The molecule has 7 rings (SSSR count). The summed E-state index contributed by atoms with van der Waals surface area (Å²) in [6.45, 7) is 0. The second-order valence-corrected chi connectivity index (χ2v) is 15.0. The third-order valence-electron chi connectivity index (χ3n) is 7.93. The molecule has 0 amide bonds. The summed E-state index contributed by atoms with van der Waals surface area (Å²) in [5, 5.41) is 1.77. The highest BCUT2D eigenvalue weighted by atomic mass is 32.2. The maximum Gasteiger partial charge on any atom is 0.182 e. The van der Waals surface area contributed by atoms with Crippen LogP contribution >= 0.6 is 0 Å². The number of nitrogens with zero attached hydrogens (tertiary/aromatic N) is 1. The number of aromatic amines is 1. The first-order chi connectivity index (χ1) is 21.8. The van der Waals surface area contributed by atoms with E-state index in [9.17, 15) is 16.8 Å². The summed E-state index contributed by atoms with van der Waals surface area (Å²) in [6.07, 6.45) is 1.83. The van der Waals surface area contributed by atoms with Gasteiger partial charge in [0.05, 0.1) is 21.3 Å². The minimum Gasteiger partial charge on any atom is -0.339 e. The fraction of sp³-hybridized carbons (Fsp3) is 0.0541. The average Bonchev–Trinajstić information content (AvgIpc) is 3.43. The van der Waals surface area contributed by atoms with Gasteiger partial charge in [0, 0.05) is 33.6 Å². The normalized spacial score (nSPS) is 12.1. The largest absolute Gasteiger partial charge is 0.339 e. The van der Waals surface area contributed by atoms with Gasteiger partial charge in [-0.1, -0.05) is 97.1 Å². The Morgan fingerprint density at radius 2 is 1.09 bits per heavy atom. The topological polar surface area (TPSA) is 97.0 Å². The van der Waals surface area contributed by atoms with Gasteiger partial charge in [-0.3, -0.25) is 0 Å². The fourth-order valence-corrected chi connectivity index (χ4v) is 8.48. The number of fused-ring (bicyclic) bond motifs is 3. The molecule has 5 aromatic carbocycles. The number of sulfone groups is 2. The Hall–Kier alpha value is -5.05. The maximum absolute atomic E-state index is 13.2. The van der Waals surface area contributed by atoms with E-state index in [0.29, 0.717) is 21.7 Å². The standard InChI is InChI=1S/C37H28N2O4S2/c40-44(41,30-12-6-2-7-13-30)24-26-16-19-28(20-17-26)33-23-38-37-36(35(33)29-10-4-1-5-11-29)32-22-27(18-21-34(32)39-37)25-45(42,43)31-14-8-3-9-15-31/h1-23H,24-25H2,(H,38,39). The zero-order chi connectivity index (χ0) is 31.0. The second-order valence-electron chi connectivity index (χ2n) is 11.0. The molecule has 0 spiro atoms. The summed E-state index contributed by atoms with van der Waals surface area (Å²) in [4.78, 5) is 8.78. The van der Waals surface area contributed by atoms with Crippen LogP contribution in [0.15, 0.2) is 149 Å². The van der Waals surface area contributed by atoms with E-state index < -0.39 is 19.7 Å². The van der Waals surface area contributed by atoms with E-state index in [1.54, 1.807) is 60.7 Å². The van der Waals surface area contributed by atoms with E-state index in [4.69, 9.17) is 4.98 Å². The lowest BCUT2D eigenvalue weighted by Gasteiger charge is -2.13. The number of H-pyrrole nitrogens is 1. The third-order valence-corrected chi connectivity index (χ3v) is 11.3. The van der Waals surface area contributed by atoms with Gasteiger partial charge in [0.15, 0.2) is 19.7 Å². The average molecular weight is 629 g/mol. The van der Waals surface area contributed by atoms with Gasteiger partial charge in [-0.2, -0.15) is 0 Å². The highest BCUT2D eigenvalue weighted by molar-refractivity contribution is 7.91. The quantitative estimate of drug-likeness (QED) is 0.184. The van der Waals surface area contributed by atoms with Gasteiger partial charge in [-0.05, 0) is 58.7 Å². The van der Waals surface area contributed by atoms with Crippen LogP contribution in [0.2, 0.25) is 0 Å². The van der Waals surface area contributed by atoms with Crippen LogP contribution < -0.4 is 0 Å². The lowest BCUT2D eigenvalue weighted by molar-refractivity contribution is 0.593. The van der Waals surface area contributed by atoms with Crippen LogP contribution in [0.3, 0.4) is 0 Å². The summed E-state index contributed by atoms with van der Waals surface area (Å²) < 4.78 is 52.4. The molecular formula is C37H28N2O4S2. The second kappa shape index (κ2) is 11.5. The Kier molecular flexibility index (Phi) is 7.31. The van der Waals surface area contributed by atoms with Crippen molar-refractivity contribution in [2.75, 3.05) is 0 Å². The first kappa shape index (κ1) is 28.7. The summed E-state index contributed by atoms with van der Waals surface area (Å²) in [5.41, 5.74) is 6.64. The number of benzene rings is 5. The van der Waals surface area contributed by atoms with Crippen LogP contribution in [0.25, 0.3) is 44.2 Å². The number of hydrogen-bond donors (Lipinski definition) is 1. The van der Waals surface area contributed by atoms with Gasteiger partial charge in [0.1, 0.15) is 5.65 Å². The summed E-state index contributed by atoms with van der Waals surface area (Å²) in [7, 11) is -7.02.